The van der Waals surface area contributed by atoms with Crippen molar-refractivity contribution in [2.75, 3.05) is 13.1 Å². The Labute approximate surface area is 159 Å². The monoisotopic (exact) mass is 371 g/mol. The number of carbonyl (C=O) groups is 1. The maximum atomic E-state index is 12.9. The lowest BCUT2D eigenvalue weighted by Crippen LogP contribution is -2.53. The van der Waals surface area contributed by atoms with Gasteiger partial charge in [0.1, 0.15) is 5.82 Å². The number of likely N-dealkylation sites (tertiary alicyclic amines) is 1. The summed E-state index contributed by atoms with van der Waals surface area (Å²) in [6, 6.07) is 12.0. The molecule has 0 spiro atoms. The summed E-state index contributed by atoms with van der Waals surface area (Å²) < 4.78 is 12.9. The number of carbonyl (C=O) groups excluding carboxylic acids is 1. The molecule has 3 rings (SSSR count). The van der Waals surface area contributed by atoms with E-state index in [-0.39, 0.29) is 17.8 Å². The number of amides is 1. The van der Waals surface area contributed by atoms with E-state index in [1.807, 2.05) is 18.2 Å². The quantitative estimate of drug-likeness (QED) is 0.784. The van der Waals surface area contributed by atoms with Crippen LogP contribution in [-0.4, -0.2) is 46.1 Å². The molecule has 0 bridgehead atoms. The maximum Gasteiger partial charge on any atom is 0.220 e. The molecule has 144 valence electrons. The number of aromatic nitrogens is 1. The Kier molecular flexibility index (Phi) is 6.90. The van der Waals surface area contributed by atoms with Gasteiger partial charge in [0.15, 0.2) is 0 Å². The van der Waals surface area contributed by atoms with Crippen LogP contribution in [0.3, 0.4) is 0 Å². The molecule has 2 aromatic rings. The Morgan fingerprint density at radius 2 is 2.07 bits per heavy atom. The highest BCUT2D eigenvalue weighted by Gasteiger charge is 2.28. The highest BCUT2D eigenvalue weighted by atomic mass is 19.1. The number of halogens is 1. The summed E-state index contributed by atoms with van der Waals surface area (Å²) in [6.07, 6.45) is 3.74. The summed E-state index contributed by atoms with van der Waals surface area (Å²) in [6.45, 7) is 2.04. The van der Waals surface area contributed by atoms with E-state index in [0.717, 1.165) is 30.6 Å². The molecule has 1 aromatic carbocycles. The maximum absolute atomic E-state index is 12.9. The predicted octanol–water partition coefficient (Wildman–Crippen LogP) is 2.30. The van der Waals surface area contributed by atoms with E-state index in [4.69, 9.17) is 0 Å². The minimum Gasteiger partial charge on any atom is -0.390 e. The van der Waals surface area contributed by atoms with E-state index in [1.165, 1.54) is 12.1 Å². The van der Waals surface area contributed by atoms with E-state index in [1.54, 1.807) is 18.3 Å². The highest BCUT2D eigenvalue weighted by molar-refractivity contribution is 5.76. The molecule has 2 N–H and O–H groups in total. The molecular weight excluding hydrogens is 345 g/mol. The van der Waals surface area contributed by atoms with Crippen LogP contribution in [0, 0.1) is 5.82 Å². The fourth-order valence-electron chi connectivity index (χ4n) is 3.41. The van der Waals surface area contributed by atoms with Crippen LogP contribution in [0.25, 0.3) is 0 Å². The van der Waals surface area contributed by atoms with Crippen LogP contribution >= 0.6 is 0 Å². The average molecular weight is 371 g/mol. The molecule has 1 aliphatic heterocycles. The third-order valence-electron chi connectivity index (χ3n) is 4.91. The van der Waals surface area contributed by atoms with Crippen LogP contribution in [0.15, 0.2) is 48.7 Å². The molecule has 1 aromatic heterocycles. The molecule has 2 atom stereocenters. The van der Waals surface area contributed by atoms with Crippen molar-refractivity contribution < 1.29 is 14.3 Å². The second kappa shape index (κ2) is 9.58. The van der Waals surface area contributed by atoms with Crippen molar-refractivity contribution >= 4 is 5.91 Å². The topological polar surface area (TPSA) is 65.5 Å². The lowest BCUT2D eigenvalue weighted by Gasteiger charge is -2.36. The van der Waals surface area contributed by atoms with Gasteiger partial charge >= 0.3 is 0 Å². The van der Waals surface area contributed by atoms with Gasteiger partial charge in [0.25, 0.3) is 0 Å². The Balaban J connectivity index is 1.38. The second-order valence-corrected chi connectivity index (χ2v) is 7.07. The number of hydrogen-bond donors (Lipinski definition) is 2. The Hall–Kier alpha value is -2.31. The van der Waals surface area contributed by atoms with Crippen molar-refractivity contribution in [1.82, 2.24) is 15.2 Å². The van der Waals surface area contributed by atoms with Crippen LogP contribution in [0.1, 0.15) is 30.5 Å². The molecule has 6 heteroatoms. The predicted molar refractivity (Wildman–Crippen MR) is 101 cm³/mol. The number of pyridine rings is 1. The molecule has 1 aliphatic rings. The fourth-order valence-corrected chi connectivity index (χ4v) is 3.41. The Bertz CT molecular complexity index is 724. The van der Waals surface area contributed by atoms with Gasteiger partial charge in [0.2, 0.25) is 5.91 Å². The molecule has 0 aliphatic carbocycles. The number of rotatable bonds is 7. The van der Waals surface area contributed by atoms with Gasteiger partial charge in [-0.3, -0.25) is 14.7 Å². The minimum absolute atomic E-state index is 0.0423. The van der Waals surface area contributed by atoms with Crippen molar-refractivity contribution in [3.05, 3.63) is 65.7 Å². The lowest BCUT2D eigenvalue weighted by molar-refractivity contribution is -0.123. The number of aliphatic hydroxyl groups is 1. The van der Waals surface area contributed by atoms with Crippen LogP contribution in [-0.2, 0) is 17.8 Å². The zero-order chi connectivity index (χ0) is 19.1. The van der Waals surface area contributed by atoms with Crippen LogP contribution in [0.2, 0.25) is 0 Å². The van der Waals surface area contributed by atoms with E-state index in [2.05, 4.69) is 15.2 Å². The summed E-state index contributed by atoms with van der Waals surface area (Å²) in [5.41, 5.74) is 2.00. The molecular formula is C21H26FN3O2. The molecule has 0 unspecified atom stereocenters. The molecule has 5 nitrogen and oxygen atoms in total. The highest BCUT2D eigenvalue weighted by Crippen LogP contribution is 2.14. The van der Waals surface area contributed by atoms with E-state index >= 15 is 0 Å². The molecule has 0 saturated carbocycles. The first-order valence-electron chi connectivity index (χ1n) is 9.44. The number of piperidine rings is 1. The van der Waals surface area contributed by atoms with Crippen molar-refractivity contribution in [3.8, 4) is 0 Å². The van der Waals surface area contributed by atoms with Crippen LogP contribution in [0.4, 0.5) is 4.39 Å². The number of benzene rings is 1. The molecule has 1 fully saturated rings. The second-order valence-electron chi connectivity index (χ2n) is 7.07. The van der Waals surface area contributed by atoms with Crippen molar-refractivity contribution in [2.24, 2.45) is 0 Å². The van der Waals surface area contributed by atoms with Crippen LogP contribution < -0.4 is 5.32 Å². The van der Waals surface area contributed by atoms with Gasteiger partial charge in [-0.25, -0.2) is 4.39 Å². The first-order valence-corrected chi connectivity index (χ1v) is 9.44. The van der Waals surface area contributed by atoms with Crippen molar-refractivity contribution in [2.45, 2.75) is 44.4 Å². The SMILES string of the molecule is O=C(CCCc1ccc(F)cc1)N[C@@H]1CCN(Cc2ccccn2)C[C@H]1O. The summed E-state index contributed by atoms with van der Waals surface area (Å²) in [5.74, 6) is -0.292. The number of aliphatic hydroxyl groups excluding tert-OH is 1. The standard InChI is InChI=1S/C21H26FN3O2/c22-17-9-7-16(8-10-17)4-3-6-21(27)24-19-11-13-25(15-20(19)26)14-18-5-1-2-12-23-18/h1-2,5,7-10,12,19-20,26H,3-4,6,11,13-15H2,(H,24,27)/t19-,20-/m1/s1. The number of hydrogen-bond acceptors (Lipinski definition) is 4. The largest absolute Gasteiger partial charge is 0.390 e. The zero-order valence-electron chi connectivity index (χ0n) is 15.4. The van der Waals surface area contributed by atoms with Gasteiger partial charge < -0.3 is 10.4 Å². The zero-order valence-corrected chi connectivity index (χ0v) is 15.4. The third-order valence-corrected chi connectivity index (χ3v) is 4.91. The first-order chi connectivity index (χ1) is 13.1. The normalized spacial score (nSPS) is 20.4. The summed E-state index contributed by atoms with van der Waals surface area (Å²) in [7, 11) is 0. The number of nitrogens with one attached hydrogen (secondary N) is 1. The van der Waals surface area contributed by atoms with Gasteiger partial charge in [-0.2, -0.15) is 0 Å². The van der Waals surface area contributed by atoms with Gasteiger partial charge in [0.05, 0.1) is 17.8 Å². The van der Waals surface area contributed by atoms with Crippen molar-refractivity contribution in [3.63, 3.8) is 0 Å². The molecule has 2 heterocycles. The molecule has 1 saturated heterocycles. The minimum atomic E-state index is -0.580. The number of nitrogens with zero attached hydrogens (tertiary/aromatic N) is 2. The lowest BCUT2D eigenvalue weighted by atomic mass is 10.0. The van der Waals surface area contributed by atoms with E-state index < -0.39 is 6.10 Å². The third kappa shape index (κ3) is 6.12. The van der Waals surface area contributed by atoms with Gasteiger partial charge in [-0.05, 0) is 49.1 Å². The molecule has 1 amide bonds. The summed E-state index contributed by atoms with van der Waals surface area (Å²) in [5, 5.41) is 13.3. The van der Waals surface area contributed by atoms with Gasteiger partial charge in [-0.1, -0.05) is 18.2 Å². The van der Waals surface area contributed by atoms with Crippen LogP contribution in [0.5, 0.6) is 0 Å². The van der Waals surface area contributed by atoms with Crippen molar-refractivity contribution in [1.29, 1.82) is 0 Å². The number of β-amino-alcohol motifs (C(OH)–C–C–N with tert-alkyl or cyclic N) is 1. The summed E-state index contributed by atoms with van der Waals surface area (Å²) in [4.78, 5) is 18.6. The van der Waals surface area contributed by atoms with E-state index in [9.17, 15) is 14.3 Å². The Morgan fingerprint density at radius 3 is 2.78 bits per heavy atom. The molecule has 0 radical (unpaired) electrons. The first kappa shape index (κ1) is 19.5. The Morgan fingerprint density at radius 1 is 1.26 bits per heavy atom. The van der Waals surface area contributed by atoms with Gasteiger partial charge in [0, 0.05) is 32.3 Å². The fraction of sp³-hybridized carbons (Fsp3) is 0.429. The molecule has 27 heavy (non-hydrogen) atoms. The van der Waals surface area contributed by atoms with Gasteiger partial charge in [-0.15, -0.1) is 0 Å². The average Bonchev–Trinajstić information content (AvgIpc) is 2.66. The van der Waals surface area contributed by atoms with E-state index in [0.29, 0.717) is 25.9 Å². The summed E-state index contributed by atoms with van der Waals surface area (Å²) >= 11 is 0. The number of aryl methyl sites for hydroxylation is 1. The smallest absolute Gasteiger partial charge is 0.220 e.